The van der Waals surface area contributed by atoms with Crippen LogP contribution in [0.2, 0.25) is 0 Å². The maximum atomic E-state index is 13.0. The Kier molecular flexibility index (Phi) is 3.04. The summed E-state index contributed by atoms with van der Waals surface area (Å²) < 4.78 is 39.0. The monoisotopic (exact) mass is 385 g/mol. The summed E-state index contributed by atoms with van der Waals surface area (Å²) in [5.74, 6) is -1.54. The number of carbonyl (C=O) groups is 2. The molecule has 3 aliphatic rings. The Balaban J connectivity index is 1.75. The van der Waals surface area contributed by atoms with Crippen LogP contribution in [0.1, 0.15) is 12.0 Å². The van der Waals surface area contributed by atoms with Crippen molar-refractivity contribution in [2.75, 3.05) is 4.90 Å². The normalized spacial score (nSPS) is 32.1. The Morgan fingerprint density at radius 3 is 2.13 bits per heavy atom. The number of rotatable bonds is 1. The lowest BCUT2D eigenvalue weighted by Crippen LogP contribution is -2.33. The molecule has 1 aromatic carbocycles. The molecule has 4 atom stereocenters. The number of hydrogen-bond acceptors (Lipinski definition) is 2. The van der Waals surface area contributed by atoms with Crippen LogP contribution in [0, 0.1) is 23.7 Å². The summed E-state index contributed by atoms with van der Waals surface area (Å²) in [6.45, 7) is 0. The highest BCUT2D eigenvalue weighted by Crippen LogP contribution is 2.53. The molecule has 0 radical (unpaired) electrons. The number of amides is 2. The third kappa shape index (κ3) is 2.02. The first-order valence-corrected chi connectivity index (χ1v) is 8.01. The Labute approximate surface area is 138 Å². The van der Waals surface area contributed by atoms with Crippen molar-refractivity contribution in [3.63, 3.8) is 0 Å². The predicted molar refractivity (Wildman–Crippen MR) is 79.4 cm³/mol. The molecule has 7 heteroatoms. The Hall–Kier alpha value is -1.63. The highest BCUT2D eigenvalue weighted by atomic mass is 79.9. The number of anilines is 1. The predicted octanol–water partition coefficient (Wildman–Crippen LogP) is 3.78. The van der Waals surface area contributed by atoms with Crippen LogP contribution in [0.25, 0.3) is 0 Å². The smallest absolute Gasteiger partial charge is 0.274 e. The summed E-state index contributed by atoms with van der Waals surface area (Å²) in [5.41, 5.74) is -0.905. The van der Waals surface area contributed by atoms with Crippen molar-refractivity contribution in [3.05, 3.63) is 40.4 Å². The molecule has 2 bridgehead atoms. The summed E-state index contributed by atoms with van der Waals surface area (Å²) in [4.78, 5) is 26.2. The number of nitrogens with zero attached hydrogens (tertiary/aromatic N) is 1. The molecule has 23 heavy (non-hydrogen) atoms. The van der Waals surface area contributed by atoms with Gasteiger partial charge in [0, 0.05) is 4.47 Å². The molecule has 2 aliphatic carbocycles. The van der Waals surface area contributed by atoms with Gasteiger partial charge in [0.15, 0.2) is 0 Å². The van der Waals surface area contributed by atoms with Crippen LogP contribution < -0.4 is 4.90 Å². The van der Waals surface area contributed by atoms with E-state index in [-0.39, 0.29) is 33.8 Å². The third-order valence-corrected chi connectivity index (χ3v) is 5.68. The van der Waals surface area contributed by atoms with Crippen molar-refractivity contribution >= 4 is 33.4 Å². The van der Waals surface area contributed by atoms with E-state index in [1.807, 2.05) is 12.2 Å². The van der Waals surface area contributed by atoms with Crippen LogP contribution in [0.5, 0.6) is 0 Å². The lowest BCUT2D eigenvalue weighted by Gasteiger charge is -2.19. The second-order valence-corrected chi connectivity index (χ2v) is 7.03. The van der Waals surface area contributed by atoms with Crippen LogP contribution in [0.3, 0.4) is 0 Å². The molecular formula is C16H11BrF3NO2. The quantitative estimate of drug-likeness (QED) is 0.544. The van der Waals surface area contributed by atoms with E-state index >= 15 is 0 Å². The van der Waals surface area contributed by atoms with Gasteiger partial charge in [0.05, 0.1) is 23.1 Å². The SMILES string of the molecule is O=C1[C@@H]2[C@H](C(=O)N1c1ccc(Br)c(C(F)(F)F)c1)[C@@H]1C=C[C@H]2C1. The standard InChI is InChI=1S/C16H11BrF3NO2/c17-11-4-3-9(6-10(11)16(18,19)20)21-14(22)12-7-1-2-8(5-7)13(12)15(21)23/h1-4,6-8,12-13H,5H2/t7-,8+,12-,13+. The van der Waals surface area contributed by atoms with Gasteiger partial charge in [0.2, 0.25) is 11.8 Å². The largest absolute Gasteiger partial charge is 0.417 e. The minimum Gasteiger partial charge on any atom is -0.274 e. The molecule has 0 unspecified atom stereocenters. The van der Waals surface area contributed by atoms with Gasteiger partial charge in [-0.2, -0.15) is 13.2 Å². The number of carbonyl (C=O) groups excluding carboxylic acids is 2. The molecule has 4 rings (SSSR count). The van der Waals surface area contributed by atoms with Gasteiger partial charge in [0.25, 0.3) is 0 Å². The second kappa shape index (κ2) is 4.69. The third-order valence-electron chi connectivity index (χ3n) is 4.98. The number of allylic oxidation sites excluding steroid dienone is 2. The van der Waals surface area contributed by atoms with Gasteiger partial charge in [-0.15, -0.1) is 0 Å². The van der Waals surface area contributed by atoms with E-state index in [9.17, 15) is 22.8 Å². The Bertz CT molecular complexity index is 728. The first-order chi connectivity index (χ1) is 10.8. The minimum atomic E-state index is -4.56. The zero-order valence-electron chi connectivity index (χ0n) is 11.7. The van der Waals surface area contributed by atoms with Crippen LogP contribution in [0.15, 0.2) is 34.8 Å². The van der Waals surface area contributed by atoms with Gasteiger partial charge in [-0.3, -0.25) is 14.5 Å². The molecule has 1 aliphatic heterocycles. The van der Waals surface area contributed by atoms with E-state index in [1.54, 1.807) is 0 Å². The molecule has 3 nitrogen and oxygen atoms in total. The molecule has 2 fully saturated rings. The van der Waals surface area contributed by atoms with Gasteiger partial charge in [0.1, 0.15) is 0 Å². The van der Waals surface area contributed by atoms with Gasteiger partial charge >= 0.3 is 6.18 Å². The van der Waals surface area contributed by atoms with Crippen molar-refractivity contribution in [2.24, 2.45) is 23.7 Å². The summed E-state index contributed by atoms with van der Waals surface area (Å²) in [6, 6.07) is 3.45. The molecule has 0 spiro atoms. The molecule has 0 N–H and O–H groups in total. The average Bonchev–Trinajstić information content (AvgIpc) is 3.13. The summed E-state index contributed by atoms with van der Waals surface area (Å²) in [7, 11) is 0. The number of alkyl halides is 3. The van der Waals surface area contributed by atoms with Crippen molar-refractivity contribution in [1.82, 2.24) is 0 Å². The first-order valence-electron chi connectivity index (χ1n) is 7.22. The molecule has 2 amide bonds. The summed E-state index contributed by atoms with van der Waals surface area (Å²) in [6.07, 6.45) is 0.123. The number of halogens is 4. The maximum Gasteiger partial charge on any atom is 0.417 e. The lowest BCUT2D eigenvalue weighted by molar-refractivity contribution is -0.138. The van der Waals surface area contributed by atoms with Crippen molar-refractivity contribution in [2.45, 2.75) is 12.6 Å². The Morgan fingerprint density at radius 2 is 1.61 bits per heavy atom. The van der Waals surface area contributed by atoms with Crippen molar-refractivity contribution in [1.29, 1.82) is 0 Å². The fourth-order valence-electron chi connectivity index (χ4n) is 4.03. The maximum absolute atomic E-state index is 13.0. The lowest BCUT2D eigenvalue weighted by atomic mass is 9.85. The van der Waals surface area contributed by atoms with E-state index in [1.165, 1.54) is 12.1 Å². The first kappa shape index (κ1) is 14.9. The van der Waals surface area contributed by atoms with E-state index < -0.39 is 23.6 Å². The fraction of sp³-hybridized carbons (Fsp3) is 0.375. The van der Waals surface area contributed by atoms with E-state index in [0.717, 1.165) is 17.4 Å². The highest BCUT2D eigenvalue weighted by Gasteiger charge is 2.59. The molecular weight excluding hydrogens is 375 g/mol. The fourth-order valence-corrected chi connectivity index (χ4v) is 4.50. The molecule has 1 saturated carbocycles. The summed E-state index contributed by atoms with van der Waals surface area (Å²) in [5, 5.41) is 0. The number of imide groups is 1. The number of fused-ring (bicyclic) bond motifs is 5. The molecule has 120 valence electrons. The second-order valence-electron chi connectivity index (χ2n) is 6.17. The zero-order chi connectivity index (χ0) is 16.5. The van der Waals surface area contributed by atoms with E-state index in [2.05, 4.69) is 15.9 Å². The average molecular weight is 386 g/mol. The van der Waals surface area contributed by atoms with Crippen molar-refractivity contribution < 1.29 is 22.8 Å². The summed E-state index contributed by atoms with van der Waals surface area (Å²) >= 11 is 2.86. The molecule has 1 heterocycles. The van der Waals surface area contributed by atoms with Gasteiger partial charge in [-0.1, -0.05) is 28.1 Å². The zero-order valence-corrected chi connectivity index (χ0v) is 13.3. The molecule has 1 aromatic rings. The van der Waals surface area contributed by atoms with Gasteiger partial charge in [-0.25, -0.2) is 0 Å². The van der Waals surface area contributed by atoms with E-state index in [0.29, 0.717) is 0 Å². The Morgan fingerprint density at radius 1 is 1.04 bits per heavy atom. The van der Waals surface area contributed by atoms with Gasteiger partial charge < -0.3 is 0 Å². The molecule has 0 aromatic heterocycles. The van der Waals surface area contributed by atoms with Crippen LogP contribution >= 0.6 is 15.9 Å². The van der Waals surface area contributed by atoms with Crippen molar-refractivity contribution in [3.8, 4) is 0 Å². The molecule has 1 saturated heterocycles. The van der Waals surface area contributed by atoms with Gasteiger partial charge in [-0.05, 0) is 36.5 Å². The number of benzene rings is 1. The van der Waals surface area contributed by atoms with Crippen LogP contribution in [-0.4, -0.2) is 11.8 Å². The topological polar surface area (TPSA) is 37.4 Å². The minimum absolute atomic E-state index is 0.00988. The highest BCUT2D eigenvalue weighted by molar-refractivity contribution is 9.10. The van der Waals surface area contributed by atoms with Crippen LogP contribution in [0.4, 0.5) is 18.9 Å². The van der Waals surface area contributed by atoms with Crippen LogP contribution in [-0.2, 0) is 15.8 Å². The number of hydrogen-bond donors (Lipinski definition) is 0. The van der Waals surface area contributed by atoms with E-state index in [4.69, 9.17) is 0 Å².